The Balaban J connectivity index is 1.56. The van der Waals surface area contributed by atoms with Crippen molar-refractivity contribution in [2.24, 2.45) is 0 Å². The highest BCUT2D eigenvalue weighted by atomic mass is 19.2. The van der Waals surface area contributed by atoms with Crippen LogP contribution in [-0.4, -0.2) is 28.0 Å². The van der Waals surface area contributed by atoms with E-state index in [-0.39, 0.29) is 6.54 Å². The monoisotopic (exact) mass is 363 g/mol. The smallest absolute Gasteiger partial charge is 0.326 e. The first kappa shape index (κ1) is 17.5. The highest BCUT2D eigenvalue weighted by Gasteiger charge is 2.16. The topological polar surface area (TPSA) is 73.2 Å². The van der Waals surface area contributed by atoms with Gasteiger partial charge in [-0.2, -0.15) is 0 Å². The number of para-hydroxylation sites is 2. The van der Waals surface area contributed by atoms with Crippen LogP contribution in [0.3, 0.4) is 0 Å². The lowest BCUT2D eigenvalue weighted by molar-refractivity contribution is -0.147. The summed E-state index contributed by atoms with van der Waals surface area (Å²) in [6, 6.07) is 8.68. The van der Waals surface area contributed by atoms with Crippen molar-refractivity contribution in [2.45, 2.75) is 6.54 Å². The lowest BCUT2D eigenvalue weighted by Crippen LogP contribution is -2.23. The van der Waals surface area contributed by atoms with Crippen LogP contribution in [0.15, 0.2) is 42.7 Å². The van der Waals surface area contributed by atoms with Gasteiger partial charge in [0.1, 0.15) is 6.54 Å². The van der Waals surface area contributed by atoms with Crippen LogP contribution in [0.2, 0.25) is 0 Å². The van der Waals surface area contributed by atoms with Gasteiger partial charge in [0.05, 0.1) is 23.0 Å². The number of nitrogens with zero attached hydrogens (tertiary/aromatic N) is 2. The summed E-state index contributed by atoms with van der Waals surface area (Å²) < 4.78 is 45.8. The summed E-state index contributed by atoms with van der Waals surface area (Å²) in [5.41, 5.74) is 0.871. The van der Waals surface area contributed by atoms with Crippen molar-refractivity contribution in [1.82, 2.24) is 9.55 Å². The maximum atomic E-state index is 13.5. The number of ether oxygens (including phenoxy) is 1. The average molecular weight is 363 g/mol. The third kappa shape index (κ3) is 3.66. The van der Waals surface area contributed by atoms with Crippen molar-refractivity contribution in [3.63, 3.8) is 0 Å². The zero-order valence-electron chi connectivity index (χ0n) is 13.2. The van der Waals surface area contributed by atoms with Crippen molar-refractivity contribution in [3.05, 3.63) is 60.2 Å². The molecule has 2 aromatic carbocycles. The van der Waals surface area contributed by atoms with Gasteiger partial charge in [-0.1, -0.05) is 12.1 Å². The normalized spacial score (nSPS) is 10.7. The molecule has 0 atom stereocenters. The number of amides is 1. The van der Waals surface area contributed by atoms with Gasteiger partial charge in [0.2, 0.25) is 0 Å². The number of imidazole rings is 1. The van der Waals surface area contributed by atoms with Gasteiger partial charge in [-0.3, -0.25) is 9.59 Å². The number of rotatable bonds is 5. The van der Waals surface area contributed by atoms with E-state index in [1.54, 1.807) is 28.8 Å². The summed E-state index contributed by atoms with van der Waals surface area (Å²) in [4.78, 5) is 27.6. The number of benzene rings is 2. The van der Waals surface area contributed by atoms with Gasteiger partial charge in [-0.15, -0.1) is 0 Å². The van der Waals surface area contributed by atoms with E-state index in [2.05, 4.69) is 4.98 Å². The molecule has 26 heavy (non-hydrogen) atoms. The van der Waals surface area contributed by atoms with E-state index >= 15 is 0 Å². The van der Waals surface area contributed by atoms with E-state index in [1.807, 2.05) is 5.32 Å². The zero-order chi connectivity index (χ0) is 18.7. The number of carbonyl (C=O) groups excluding carboxylic acids is 2. The second kappa shape index (κ2) is 7.26. The van der Waals surface area contributed by atoms with Crippen molar-refractivity contribution in [2.75, 3.05) is 11.9 Å². The van der Waals surface area contributed by atoms with Crippen molar-refractivity contribution < 1.29 is 27.5 Å². The molecule has 0 radical (unpaired) electrons. The lowest BCUT2D eigenvalue weighted by Gasteiger charge is -2.08. The molecule has 3 aromatic rings. The van der Waals surface area contributed by atoms with Gasteiger partial charge >= 0.3 is 5.97 Å². The Labute approximate surface area is 145 Å². The van der Waals surface area contributed by atoms with Crippen LogP contribution in [0.4, 0.5) is 18.9 Å². The van der Waals surface area contributed by atoms with E-state index in [0.717, 1.165) is 11.6 Å². The van der Waals surface area contributed by atoms with Gasteiger partial charge in [0.25, 0.3) is 5.91 Å². The molecule has 0 aliphatic rings. The van der Waals surface area contributed by atoms with E-state index in [0.29, 0.717) is 11.6 Å². The fourth-order valence-corrected chi connectivity index (χ4v) is 2.28. The molecule has 134 valence electrons. The van der Waals surface area contributed by atoms with Crippen LogP contribution >= 0.6 is 0 Å². The van der Waals surface area contributed by atoms with E-state index in [9.17, 15) is 22.8 Å². The van der Waals surface area contributed by atoms with Crippen LogP contribution < -0.4 is 5.32 Å². The van der Waals surface area contributed by atoms with Crippen molar-refractivity contribution in [1.29, 1.82) is 0 Å². The predicted octanol–water partition coefficient (Wildman–Crippen LogP) is 2.64. The Kier molecular flexibility index (Phi) is 4.87. The molecule has 3 rings (SSSR count). The molecule has 0 saturated heterocycles. The molecule has 1 N–H and O–H groups in total. The first-order valence-corrected chi connectivity index (χ1v) is 7.44. The molecule has 1 amide bonds. The second-order valence-corrected chi connectivity index (χ2v) is 5.29. The number of nitrogens with one attached hydrogen (secondary N) is 1. The first-order chi connectivity index (χ1) is 12.5. The Morgan fingerprint density at radius 3 is 2.65 bits per heavy atom. The van der Waals surface area contributed by atoms with Crippen molar-refractivity contribution >= 4 is 28.6 Å². The first-order valence-electron chi connectivity index (χ1n) is 7.44. The molecule has 1 heterocycles. The number of fused-ring (bicyclic) bond motifs is 1. The average Bonchev–Trinajstić information content (AvgIpc) is 3.03. The minimum absolute atomic E-state index is 0.173. The SMILES string of the molecule is O=C(COC(=O)Cn1cnc2ccccc21)Nc1ccc(F)c(F)c1F. The lowest BCUT2D eigenvalue weighted by atomic mass is 10.3. The summed E-state index contributed by atoms with van der Waals surface area (Å²) in [6.45, 7) is -0.878. The van der Waals surface area contributed by atoms with E-state index in [4.69, 9.17) is 4.74 Å². The van der Waals surface area contributed by atoms with E-state index < -0.39 is 41.6 Å². The minimum Gasteiger partial charge on any atom is -0.454 e. The van der Waals surface area contributed by atoms with Crippen molar-refractivity contribution in [3.8, 4) is 0 Å². The van der Waals surface area contributed by atoms with E-state index in [1.165, 1.54) is 6.33 Å². The maximum absolute atomic E-state index is 13.5. The number of hydrogen-bond donors (Lipinski definition) is 1. The molecule has 0 unspecified atom stereocenters. The Morgan fingerprint density at radius 1 is 1.08 bits per heavy atom. The quantitative estimate of drug-likeness (QED) is 0.559. The molecule has 0 spiro atoms. The molecule has 0 bridgehead atoms. The zero-order valence-corrected chi connectivity index (χ0v) is 13.2. The molecule has 0 saturated carbocycles. The standard InChI is InChI=1S/C17H12F3N3O3/c18-10-5-6-12(17(20)16(10)19)22-14(24)8-26-15(25)7-23-9-21-11-3-1-2-4-13(11)23/h1-6,9H,7-8H2,(H,22,24). The number of aromatic nitrogens is 2. The fraction of sp³-hybridized carbons (Fsp3) is 0.118. The predicted molar refractivity (Wildman–Crippen MR) is 85.6 cm³/mol. The Bertz CT molecular complexity index is 988. The Hall–Kier alpha value is -3.36. The summed E-state index contributed by atoms with van der Waals surface area (Å²) in [7, 11) is 0. The second-order valence-electron chi connectivity index (χ2n) is 5.29. The molecular formula is C17H12F3N3O3. The number of carbonyl (C=O) groups is 2. The van der Waals surface area contributed by atoms with Gasteiger partial charge in [-0.25, -0.2) is 18.2 Å². The number of halogens is 3. The highest BCUT2D eigenvalue weighted by molar-refractivity contribution is 5.93. The minimum atomic E-state index is -1.70. The summed E-state index contributed by atoms with van der Waals surface area (Å²) >= 11 is 0. The largest absolute Gasteiger partial charge is 0.454 e. The molecule has 0 fully saturated rings. The van der Waals surface area contributed by atoms with Crippen LogP contribution in [0.1, 0.15) is 0 Å². The van der Waals surface area contributed by atoms with Gasteiger partial charge in [0, 0.05) is 0 Å². The van der Waals surface area contributed by atoms with Gasteiger partial charge in [0.15, 0.2) is 24.1 Å². The van der Waals surface area contributed by atoms with Gasteiger partial charge < -0.3 is 14.6 Å². The number of hydrogen-bond acceptors (Lipinski definition) is 4. The third-order valence-corrected chi connectivity index (χ3v) is 3.50. The highest BCUT2D eigenvalue weighted by Crippen LogP contribution is 2.19. The number of anilines is 1. The molecule has 1 aromatic heterocycles. The fourth-order valence-electron chi connectivity index (χ4n) is 2.28. The van der Waals surface area contributed by atoms with Gasteiger partial charge in [-0.05, 0) is 24.3 Å². The summed E-state index contributed by atoms with van der Waals surface area (Å²) in [5, 5.41) is 2.01. The molecule has 0 aliphatic heterocycles. The van der Waals surface area contributed by atoms with Crippen LogP contribution in [0, 0.1) is 17.5 Å². The van der Waals surface area contributed by atoms with Crippen LogP contribution in [0.5, 0.6) is 0 Å². The molecule has 6 nitrogen and oxygen atoms in total. The Morgan fingerprint density at radius 2 is 1.85 bits per heavy atom. The van der Waals surface area contributed by atoms with Crippen LogP contribution in [0.25, 0.3) is 11.0 Å². The maximum Gasteiger partial charge on any atom is 0.326 e. The number of esters is 1. The molecular weight excluding hydrogens is 351 g/mol. The van der Waals surface area contributed by atoms with Crippen LogP contribution in [-0.2, 0) is 20.9 Å². The summed E-state index contributed by atoms with van der Waals surface area (Å²) in [6.07, 6.45) is 1.46. The molecule has 0 aliphatic carbocycles. The third-order valence-electron chi connectivity index (χ3n) is 3.50. The summed E-state index contributed by atoms with van der Waals surface area (Å²) in [5.74, 6) is -6.21. The molecule has 9 heteroatoms.